The van der Waals surface area contributed by atoms with E-state index in [1.807, 2.05) is 24.4 Å². The lowest BCUT2D eigenvalue weighted by Gasteiger charge is -2.35. The van der Waals surface area contributed by atoms with Crippen molar-refractivity contribution in [1.82, 2.24) is 29.8 Å². The second kappa shape index (κ2) is 9.02. The summed E-state index contributed by atoms with van der Waals surface area (Å²) < 4.78 is 18.4. The van der Waals surface area contributed by atoms with Gasteiger partial charge in [0, 0.05) is 44.1 Å². The van der Waals surface area contributed by atoms with Gasteiger partial charge in [-0.3, -0.25) is 4.79 Å². The monoisotopic (exact) mass is 479 g/mol. The van der Waals surface area contributed by atoms with Crippen molar-refractivity contribution >= 4 is 23.5 Å². The van der Waals surface area contributed by atoms with Gasteiger partial charge in [-0.25, -0.2) is 19.3 Å². The lowest BCUT2D eigenvalue weighted by Crippen LogP contribution is -2.49. The zero-order valence-electron chi connectivity index (χ0n) is 19.0. The van der Waals surface area contributed by atoms with Crippen LogP contribution in [0.2, 0.25) is 0 Å². The van der Waals surface area contributed by atoms with Gasteiger partial charge in [0.2, 0.25) is 11.8 Å². The van der Waals surface area contributed by atoms with Crippen LogP contribution < -0.4 is 15.0 Å². The number of carbonyl (C=O) groups excluding carboxylic acids is 2. The summed E-state index contributed by atoms with van der Waals surface area (Å²) in [5.41, 5.74) is 2.36. The van der Waals surface area contributed by atoms with Gasteiger partial charge in [0.1, 0.15) is 18.0 Å². The number of amides is 2. The Morgan fingerprint density at radius 1 is 1.11 bits per heavy atom. The highest BCUT2D eigenvalue weighted by molar-refractivity contribution is 5.81. The lowest BCUT2D eigenvalue weighted by molar-refractivity contribution is -0.119. The summed E-state index contributed by atoms with van der Waals surface area (Å²) in [4.78, 5) is 36.9. The molecular formula is C23H25N7O5. The van der Waals surface area contributed by atoms with Crippen molar-refractivity contribution in [2.24, 2.45) is 0 Å². The van der Waals surface area contributed by atoms with Crippen molar-refractivity contribution < 1.29 is 23.8 Å². The summed E-state index contributed by atoms with van der Waals surface area (Å²) in [5.74, 6) is 1.25. The Hall–Kier alpha value is -3.93. The van der Waals surface area contributed by atoms with Gasteiger partial charge in [-0.15, -0.1) is 0 Å². The summed E-state index contributed by atoms with van der Waals surface area (Å²) in [5, 5.41) is 7.13. The summed E-state index contributed by atoms with van der Waals surface area (Å²) in [7, 11) is 0. The van der Waals surface area contributed by atoms with Gasteiger partial charge in [-0.05, 0) is 18.2 Å². The van der Waals surface area contributed by atoms with E-state index in [0.29, 0.717) is 57.5 Å². The second-order valence-electron chi connectivity index (χ2n) is 8.73. The molecule has 35 heavy (non-hydrogen) atoms. The number of nitrogens with one attached hydrogen (secondary N) is 1. The van der Waals surface area contributed by atoms with Crippen LogP contribution in [0.25, 0.3) is 16.8 Å². The van der Waals surface area contributed by atoms with Crippen molar-refractivity contribution in [1.29, 1.82) is 0 Å². The van der Waals surface area contributed by atoms with E-state index in [9.17, 15) is 9.59 Å². The van der Waals surface area contributed by atoms with Crippen LogP contribution in [-0.2, 0) is 14.3 Å². The summed E-state index contributed by atoms with van der Waals surface area (Å²) in [6, 6.07) is 5.73. The number of ether oxygens (including phenoxy) is 3. The van der Waals surface area contributed by atoms with Crippen LogP contribution in [-0.4, -0.2) is 94.6 Å². The molecule has 3 fully saturated rings. The Labute approximate surface area is 200 Å². The molecule has 3 aliphatic rings. The van der Waals surface area contributed by atoms with Gasteiger partial charge in [-0.2, -0.15) is 5.10 Å². The molecule has 1 N–H and O–H groups in total. The van der Waals surface area contributed by atoms with Crippen LogP contribution >= 0.6 is 0 Å². The molecule has 12 nitrogen and oxygen atoms in total. The minimum atomic E-state index is -0.393. The summed E-state index contributed by atoms with van der Waals surface area (Å²) in [6.07, 6.45) is 4.80. The molecule has 3 aromatic rings. The minimum absolute atomic E-state index is 0.00224. The predicted octanol–water partition coefficient (Wildman–Crippen LogP) is 0.716. The van der Waals surface area contributed by atoms with E-state index < -0.39 is 6.10 Å². The zero-order valence-corrected chi connectivity index (χ0v) is 19.0. The SMILES string of the molecule is O=C1C[C@H](OC(=O)N2CCN(c3ccn4ncc(-c5cccnc5OC5COC5)c4n3)CC2)CN1. The Bertz CT molecular complexity index is 1250. The van der Waals surface area contributed by atoms with Crippen molar-refractivity contribution in [3.8, 4) is 17.0 Å². The Balaban J connectivity index is 1.17. The van der Waals surface area contributed by atoms with E-state index >= 15 is 0 Å². The minimum Gasteiger partial charge on any atom is -0.469 e. The first-order chi connectivity index (χ1) is 17.1. The average Bonchev–Trinajstić information content (AvgIpc) is 3.47. The summed E-state index contributed by atoms with van der Waals surface area (Å²) in [6.45, 7) is 3.75. The number of piperazine rings is 1. The van der Waals surface area contributed by atoms with E-state index in [0.717, 1.165) is 16.9 Å². The number of rotatable bonds is 5. The number of hydrogen-bond acceptors (Lipinski definition) is 9. The maximum atomic E-state index is 12.5. The molecule has 3 aromatic heterocycles. The third-order valence-corrected chi connectivity index (χ3v) is 6.37. The quantitative estimate of drug-likeness (QED) is 0.564. The molecule has 3 saturated heterocycles. The van der Waals surface area contributed by atoms with Crippen molar-refractivity contribution in [3.05, 3.63) is 36.8 Å². The predicted molar refractivity (Wildman–Crippen MR) is 123 cm³/mol. The molecule has 0 aromatic carbocycles. The number of fused-ring (bicyclic) bond motifs is 1. The first-order valence-corrected chi connectivity index (χ1v) is 11.7. The first kappa shape index (κ1) is 21.6. The number of pyridine rings is 1. The lowest BCUT2D eigenvalue weighted by atomic mass is 10.1. The molecule has 0 radical (unpaired) electrons. The standard InChI is InChI=1S/C23H25N7O5/c31-20-10-15(11-25-20)35-23(32)29-8-6-28(7-9-29)19-3-5-30-21(27-19)18(12-26-30)17-2-1-4-24-22(17)34-16-13-33-14-16/h1-5,12,15-16H,6-11,13-14H2,(H,25,31)/t15-/m0/s1. The molecule has 182 valence electrons. The molecule has 12 heteroatoms. The molecule has 2 amide bonds. The van der Waals surface area contributed by atoms with Gasteiger partial charge in [0.15, 0.2) is 5.65 Å². The third-order valence-electron chi connectivity index (χ3n) is 6.37. The number of carbonyl (C=O) groups is 2. The topological polar surface area (TPSA) is 123 Å². The molecule has 6 rings (SSSR count). The van der Waals surface area contributed by atoms with Gasteiger partial charge in [0.25, 0.3) is 0 Å². The van der Waals surface area contributed by atoms with E-state index in [2.05, 4.69) is 20.3 Å². The number of hydrogen-bond donors (Lipinski definition) is 1. The first-order valence-electron chi connectivity index (χ1n) is 11.7. The van der Waals surface area contributed by atoms with Gasteiger partial charge >= 0.3 is 6.09 Å². The maximum absolute atomic E-state index is 12.5. The largest absolute Gasteiger partial charge is 0.469 e. The van der Waals surface area contributed by atoms with Crippen molar-refractivity contribution in [3.63, 3.8) is 0 Å². The molecule has 0 aliphatic carbocycles. The molecule has 6 heterocycles. The van der Waals surface area contributed by atoms with Crippen molar-refractivity contribution in [2.75, 3.05) is 50.8 Å². The van der Waals surface area contributed by atoms with Crippen LogP contribution in [0, 0.1) is 0 Å². The number of aromatic nitrogens is 4. The smallest absolute Gasteiger partial charge is 0.410 e. The summed E-state index contributed by atoms with van der Waals surface area (Å²) >= 11 is 0. The fourth-order valence-corrected chi connectivity index (χ4v) is 4.35. The second-order valence-corrected chi connectivity index (χ2v) is 8.73. The Kier molecular flexibility index (Phi) is 5.57. The molecule has 0 unspecified atom stereocenters. The maximum Gasteiger partial charge on any atom is 0.410 e. The highest BCUT2D eigenvalue weighted by Crippen LogP contribution is 2.32. The average molecular weight is 479 g/mol. The van der Waals surface area contributed by atoms with Gasteiger partial charge in [0.05, 0.1) is 37.9 Å². The van der Waals surface area contributed by atoms with E-state index in [4.69, 9.17) is 19.2 Å². The molecule has 0 bridgehead atoms. The fourth-order valence-electron chi connectivity index (χ4n) is 4.35. The molecule has 3 aliphatic heterocycles. The van der Waals surface area contributed by atoms with E-state index in [1.165, 1.54) is 0 Å². The molecular weight excluding hydrogens is 454 g/mol. The van der Waals surface area contributed by atoms with Crippen LogP contribution in [0.5, 0.6) is 5.88 Å². The number of anilines is 1. The van der Waals surface area contributed by atoms with Crippen LogP contribution in [0.3, 0.4) is 0 Å². The fraction of sp³-hybridized carbons (Fsp3) is 0.435. The highest BCUT2D eigenvalue weighted by atomic mass is 16.6. The normalized spacial score (nSPS) is 20.6. The zero-order chi connectivity index (χ0) is 23.8. The highest BCUT2D eigenvalue weighted by Gasteiger charge is 2.29. The van der Waals surface area contributed by atoms with Crippen LogP contribution in [0.4, 0.5) is 10.6 Å². The van der Waals surface area contributed by atoms with Crippen LogP contribution in [0.15, 0.2) is 36.8 Å². The van der Waals surface area contributed by atoms with E-state index in [1.54, 1.807) is 21.8 Å². The Morgan fingerprint density at radius 3 is 2.71 bits per heavy atom. The van der Waals surface area contributed by atoms with Gasteiger partial charge < -0.3 is 29.3 Å². The molecule has 0 saturated carbocycles. The molecule has 0 spiro atoms. The van der Waals surface area contributed by atoms with E-state index in [-0.39, 0.29) is 24.5 Å². The van der Waals surface area contributed by atoms with Gasteiger partial charge in [-0.1, -0.05) is 0 Å². The Morgan fingerprint density at radius 2 is 1.97 bits per heavy atom. The van der Waals surface area contributed by atoms with Crippen molar-refractivity contribution in [2.45, 2.75) is 18.6 Å². The third kappa shape index (κ3) is 4.32. The molecule has 1 atom stereocenters. The van der Waals surface area contributed by atoms with Crippen LogP contribution in [0.1, 0.15) is 6.42 Å². The number of nitrogens with zero attached hydrogens (tertiary/aromatic N) is 6.